The fourth-order valence-electron chi connectivity index (χ4n) is 2.22. The summed E-state index contributed by atoms with van der Waals surface area (Å²) in [5, 5.41) is 15.8. The van der Waals surface area contributed by atoms with Crippen molar-refractivity contribution < 1.29 is 14.4 Å². The second-order valence-corrected chi connectivity index (χ2v) is 5.33. The standard InChI is InChI=1S/C15H27N3O3/c1-3-5-12(9-10-19)11-16-14(20)7-8-15-17-13(6-4-2)18-21-15/h12,19H,3-11H2,1-2H3,(H,16,20). The highest BCUT2D eigenvalue weighted by Gasteiger charge is 2.11. The third-order valence-electron chi connectivity index (χ3n) is 3.37. The summed E-state index contributed by atoms with van der Waals surface area (Å²) >= 11 is 0. The van der Waals surface area contributed by atoms with E-state index in [9.17, 15) is 4.79 Å². The highest BCUT2D eigenvalue weighted by atomic mass is 16.5. The second kappa shape index (κ2) is 10.3. The molecule has 1 unspecified atom stereocenters. The SMILES string of the molecule is CCCc1noc(CCC(=O)NCC(CCC)CCO)n1. The number of amides is 1. The number of hydrogen-bond acceptors (Lipinski definition) is 5. The first kappa shape index (κ1) is 17.6. The topological polar surface area (TPSA) is 88.2 Å². The number of aromatic nitrogens is 2. The van der Waals surface area contributed by atoms with Crippen molar-refractivity contribution in [3.8, 4) is 0 Å². The smallest absolute Gasteiger partial charge is 0.227 e. The molecule has 1 amide bonds. The van der Waals surface area contributed by atoms with Gasteiger partial charge in [-0.3, -0.25) is 4.79 Å². The normalized spacial score (nSPS) is 12.3. The molecule has 2 N–H and O–H groups in total. The Bertz CT molecular complexity index is 401. The third-order valence-corrected chi connectivity index (χ3v) is 3.37. The molecule has 6 nitrogen and oxygen atoms in total. The highest BCUT2D eigenvalue weighted by molar-refractivity contribution is 5.75. The van der Waals surface area contributed by atoms with Gasteiger partial charge in [0.25, 0.3) is 0 Å². The molecule has 0 spiro atoms. The minimum atomic E-state index is -0.00992. The number of rotatable bonds is 11. The van der Waals surface area contributed by atoms with Crippen molar-refractivity contribution in [3.05, 3.63) is 11.7 Å². The van der Waals surface area contributed by atoms with Gasteiger partial charge in [0.1, 0.15) is 0 Å². The number of aryl methyl sites for hydroxylation is 2. The van der Waals surface area contributed by atoms with E-state index in [1.54, 1.807) is 0 Å². The first-order valence-corrected chi connectivity index (χ1v) is 7.88. The summed E-state index contributed by atoms with van der Waals surface area (Å²) in [7, 11) is 0. The summed E-state index contributed by atoms with van der Waals surface area (Å²) in [6.07, 6.45) is 5.41. The zero-order valence-corrected chi connectivity index (χ0v) is 13.1. The second-order valence-electron chi connectivity index (χ2n) is 5.33. The molecule has 6 heteroatoms. The van der Waals surface area contributed by atoms with E-state index in [2.05, 4.69) is 29.3 Å². The molecule has 0 aliphatic carbocycles. The van der Waals surface area contributed by atoms with E-state index >= 15 is 0 Å². The van der Waals surface area contributed by atoms with E-state index in [4.69, 9.17) is 9.63 Å². The fourth-order valence-corrected chi connectivity index (χ4v) is 2.22. The van der Waals surface area contributed by atoms with Crippen molar-refractivity contribution in [2.24, 2.45) is 5.92 Å². The monoisotopic (exact) mass is 297 g/mol. The molecule has 21 heavy (non-hydrogen) atoms. The van der Waals surface area contributed by atoms with Gasteiger partial charge in [0.15, 0.2) is 5.82 Å². The summed E-state index contributed by atoms with van der Waals surface area (Å²) in [6, 6.07) is 0. The summed E-state index contributed by atoms with van der Waals surface area (Å²) in [4.78, 5) is 16.0. The van der Waals surface area contributed by atoms with Gasteiger partial charge in [0, 0.05) is 32.4 Å². The number of aliphatic hydroxyl groups excluding tert-OH is 1. The molecule has 0 aliphatic heterocycles. The minimum Gasteiger partial charge on any atom is -0.396 e. The van der Waals surface area contributed by atoms with Gasteiger partial charge >= 0.3 is 0 Å². The van der Waals surface area contributed by atoms with Gasteiger partial charge in [0.2, 0.25) is 11.8 Å². The van der Waals surface area contributed by atoms with E-state index in [0.717, 1.165) is 32.1 Å². The molecular formula is C15H27N3O3. The fraction of sp³-hybridized carbons (Fsp3) is 0.800. The third kappa shape index (κ3) is 7.22. The molecule has 1 heterocycles. The Morgan fingerprint density at radius 3 is 2.76 bits per heavy atom. The molecule has 0 saturated carbocycles. The molecule has 1 aromatic heterocycles. The zero-order valence-electron chi connectivity index (χ0n) is 13.1. The van der Waals surface area contributed by atoms with Crippen molar-refractivity contribution in [2.75, 3.05) is 13.2 Å². The molecule has 1 rings (SSSR count). The number of nitrogens with zero attached hydrogens (tertiary/aromatic N) is 2. The summed E-state index contributed by atoms with van der Waals surface area (Å²) < 4.78 is 5.10. The summed E-state index contributed by atoms with van der Waals surface area (Å²) in [5.41, 5.74) is 0. The maximum atomic E-state index is 11.8. The molecule has 0 aliphatic rings. The average molecular weight is 297 g/mol. The molecule has 0 radical (unpaired) electrons. The quantitative estimate of drug-likeness (QED) is 0.651. The van der Waals surface area contributed by atoms with Crippen LogP contribution in [0.4, 0.5) is 0 Å². The van der Waals surface area contributed by atoms with Crippen LogP contribution in [0, 0.1) is 5.92 Å². The van der Waals surface area contributed by atoms with Crippen LogP contribution in [0.2, 0.25) is 0 Å². The maximum Gasteiger partial charge on any atom is 0.227 e. The predicted octanol–water partition coefficient (Wildman–Crippen LogP) is 1.87. The highest BCUT2D eigenvalue weighted by Crippen LogP contribution is 2.09. The van der Waals surface area contributed by atoms with Gasteiger partial charge in [-0.05, 0) is 25.2 Å². The van der Waals surface area contributed by atoms with E-state index in [1.807, 2.05) is 0 Å². The minimum absolute atomic E-state index is 0.00992. The maximum absolute atomic E-state index is 11.8. The lowest BCUT2D eigenvalue weighted by Gasteiger charge is -2.15. The van der Waals surface area contributed by atoms with Gasteiger partial charge in [-0.2, -0.15) is 4.98 Å². The van der Waals surface area contributed by atoms with Crippen LogP contribution in [-0.2, 0) is 17.6 Å². The average Bonchev–Trinajstić information content (AvgIpc) is 2.91. The molecule has 0 fully saturated rings. The number of nitrogens with one attached hydrogen (secondary N) is 1. The van der Waals surface area contributed by atoms with Crippen LogP contribution in [-0.4, -0.2) is 34.3 Å². The van der Waals surface area contributed by atoms with Crippen LogP contribution in [0.1, 0.15) is 57.7 Å². The Hall–Kier alpha value is -1.43. The lowest BCUT2D eigenvalue weighted by molar-refractivity contribution is -0.121. The number of hydrogen-bond donors (Lipinski definition) is 2. The zero-order chi connectivity index (χ0) is 15.5. The molecule has 1 aromatic rings. The molecule has 0 saturated heterocycles. The largest absolute Gasteiger partial charge is 0.396 e. The van der Waals surface area contributed by atoms with E-state index in [-0.39, 0.29) is 12.5 Å². The van der Waals surface area contributed by atoms with Gasteiger partial charge in [-0.15, -0.1) is 0 Å². The molecule has 0 aromatic carbocycles. The Morgan fingerprint density at radius 1 is 1.29 bits per heavy atom. The van der Waals surface area contributed by atoms with Crippen molar-refractivity contribution in [3.63, 3.8) is 0 Å². The number of carbonyl (C=O) groups excluding carboxylic acids is 1. The van der Waals surface area contributed by atoms with Gasteiger partial charge in [-0.25, -0.2) is 0 Å². The molecule has 1 atom stereocenters. The van der Waals surface area contributed by atoms with Crippen molar-refractivity contribution in [1.29, 1.82) is 0 Å². The van der Waals surface area contributed by atoms with E-state index < -0.39 is 0 Å². The van der Waals surface area contributed by atoms with Crippen molar-refractivity contribution in [2.45, 2.75) is 58.8 Å². The Labute approximate surface area is 126 Å². The molecule has 0 bridgehead atoms. The Morgan fingerprint density at radius 2 is 2.10 bits per heavy atom. The van der Waals surface area contributed by atoms with E-state index in [0.29, 0.717) is 37.0 Å². The van der Waals surface area contributed by atoms with E-state index in [1.165, 1.54) is 0 Å². The lowest BCUT2D eigenvalue weighted by atomic mass is 10.0. The summed E-state index contributed by atoms with van der Waals surface area (Å²) in [6.45, 7) is 4.96. The predicted molar refractivity (Wildman–Crippen MR) is 79.7 cm³/mol. The first-order valence-electron chi connectivity index (χ1n) is 7.88. The van der Waals surface area contributed by atoms with Crippen LogP contribution < -0.4 is 5.32 Å². The van der Waals surface area contributed by atoms with Gasteiger partial charge < -0.3 is 14.9 Å². The lowest BCUT2D eigenvalue weighted by Crippen LogP contribution is -2.30. The van der Waals surface area contributed by atoms with Crippen LogP contribution in [0.25, 0.3) is 0 Å². The van der Waals surface area contributed by atoms with Gasteiger partial charge in [-0.1, -0.05) is 25.4 Å². The number of aliphatic hydroxyl groups is 1. The van der Waals surface area contributed by atoms with Gasteiger partial charge in [0.05, 0.1) is 0 Å². The Balaban J connectivity index is 2.26. The van der Waals surface area contributed by atoms with Crippen LogP contribution in [0.3, 0.4) is 0 Å². The van der Waals surface area contributed by atoms with Crippen LogP contribution >= 0.6 is 0 Å². The number of carbonyl (C=O) groups is 1. The van der Waals surface area contributed by atoms with Crippen LogP contribution in [0.15, 0.2) is 4.52 Å². The van der Waals surface area contributed by atoms with Crippen molar-refractivity contribution >= 4 is 5.91 Å². The van der Waals surface area contributed by atoms with Crippen LogP contribution in [0.5, 0.6) is 0 Å². The Kier molecular flexibility index (Phi) is 8.66. The summed E-state index contributed by atoms with van der Waals surface area (Å²) in [5.74, 6) is 1.57. The molecule has 120 valence electrons. The molecular weight excluding hydrogens is 270 g/mol. The first-order chi connectivity index (χ1) is 10.2. The van der Waals surface area contributed by atoms with Crippen molar-refractivity contribution in [1.82, 2.24) is 15.5 Å².